The Hall–Kier alpha value is -0.440. The van der Waals surface area contributed by atoms with Crippen molar-refractivity contribution in [2.75, 3.05) is 6.54 Å². The third kappa shape index (κ3) is 2.56. The van der Waals surface area contributed by atoms with Crippen LogP contribution in [-0.2, 0) is 0 Å². The molecule has 3 heteroatoms. The van der Waals surface area contributed by atoms with Crippen LogP contribution >= 0.6 is 0 Å². The number of nitrogens with zero attached hydrogens (tertiary/aromatic N) is 1. The molecule has 3 nitrogen and oxygen atoms in total. The lowest BCUT2D eigenvalue weighted by Crippen LogP contribution is -2.38. The van der Waals surface area contributed by atoms with E-state index in [2.05, 4.69) is 10.4 Å². The van der Waals surface area contributed by atoms with E-state index in [1.807, 2.05) is 20.8 Å². The van der Waals surface area contributed by atoms with Crippen molar-refractivity contribution < 1.29 is 0 Å². The van der Waals surface area contributed by atoms with Crippen LogP contribution in [0.25, 0.3) is 0 Å². The van der Waals surface area contributed by atoms with Gasteiger partial charge >= 0.3 is 0 Å². The summed E-state index contributed by atoms with van der Waals surface area (Å²) in [5.74, 6) is 0. The van der Waals surface area contributed by atoms with Crippen LogP contribution in [0.15, 0.2) is 5.11 Å². The van der Waals surface area contributed by atoms with Crippen LogP contribution in [0.4, 0.5) is 0 Å². The summed E-state index contributed by atoms with van der Waals surface area (Å²) in [6.45, 7) is 6.82. The van der Waals surface area contributed by atoms with Crippen molar-refractivity contribution in [1.82, 2.24) is 5.32 Å². The minimum absolute atomic E-state index is 0.325. The van der Waals surface area contributed by atoms with Crippen LogP contribution < -0.4 is 5.32 Å². The SMILES string of the molecule is CCNC(C)(CC)N=N. The molecular formula is C6H15N3. The second kappa shape index (κ2) is 3.56. The molecule has 1 atom stereocenters. The second-order valence-corrected chi connectivity index (χ2v) is 2.27. The van der Waals surface area contributed by atoms with Gasteiger partial charge in [0.2, 0.25) is 0 Å². The molecule has 0 saturated heterocycles. The molecule has 9 heavy (non-hydrogen) atoms. The molecule has 0 amide bonds. The van der Waals surface area contributed by atoms with Gasteiger partial charge in [0.25, 0.3) is 0 Å². The highest BCUT2D eigenvalue weighted by molar-refractivity contribution is 4.74. The fourth-order valence-corrected chi connectivity index (χ4v) is 0.624. The highest BCUT2D eigenvalue weighted by Gasteiger charge is 2.17. The van der Waals surface area contributed by atoms with Gasteiger partial charge in [0, 0.05) is 0 Å². The van der Waals surface area contributed by atoms with Gasteiger partial charge in [-0.2, -0.15) is 5.11 Å². The predicted octanol–water partition coefficient (Wildman–Crippen LogP) is 1.75. The maximum Gasteiger partial charge on any atom is 0.128 e. The molecule has 0 bridgehead atoms. The zero-order chi connectivity index (χ0) is 7.33. The Bertz CT molecular complexity index is 92.3. The molecular weight excluding hydrogens is 114 g/mol. The van der Waals surface area contributed by atoms with Crippen LogP contribution in [0, 0.1) is 5.53 Å². The van der Waals surface area contributed by atoms with Crippen LogP contribution in [0.3, 0.4) is 0 Å². The molecule has 0 spiro atoms. The summed E-state index contributed by atoms with van der Waals surface area (Å²) in [7, 11) is 0. The van der Waals surface area contributed by atoms with Crippen molar-refractivity contribution >= 4 is 0 Å². The predicted molar refractivity (Wildman–Crippen MR) is 37.5 cm³/mol. The standard InChI is InChI=1S/C6H15N3/c1-4-6(3,9-7)8-5-2/h7-8H,4-5H2,1-3H3. The van der Waals surface area contributed by atoms with E-state index < -0.39 is 0 Å². The van der Waals surface area contributed by atoms with Gasteiger partial charge in [0.15, 0.2) is 0 Å². The first-order valence-corrected chi connectivity index (χ1v) is 3.32. The summed E-state index contributed by atoms with van der Waals surface area (Å²) in [6.07, 6.45) is 0.865. The van der Waals surface area contributed by atoms with E-state index in [1.54, 1.807) is 0 Å². The van der Waals surface area contributed by atoms with Gasteiger partial charge in [-0.05, 0) is 19.9 Å². The Morgan fingerprint density at radius 3 is 2.22 bits per heavy atom. The first-order chi connectivity index (χ1) is 4.18. The summed E-state index contributed by atoms with van der Waals surface area (Å²) in [6, 6.07) is 0. The third-order valence-corrected chi connectivity index (χ3v) is 1.49. The zero-order valence-corrected chi connectivity index (χ0v) is 6.36. The molecule has 0 rings (SSSR count). The molecule has 0 aromatic heterocycles. The third-order valence-electron chi connectivity index (χ3n) is 1.49. The Kier molecular flexibility index (Phi) is 3.39. The van der Waals surface area contributed by atoms with Crippen LogP contribution in [-0.4, -0.2) is 12.2 Å². The van der Waals surface area contributed by atoms with Gasteiger partial charge in [-0.1, -0.05) is 13.8 Å². The van der Waals surface area contributed by atoms with E-state index in [0.717, 1.165) is 13.0 Å². The van der Waals surface area contributed by atoms with Gasteiger partial charge in [-0.25, -0.2) is 5.53 Å². The Balaban J connectivity index is 3.76. The maximum atomic E-state index is 6.82. The zero-order valence-electron chi connectivity index (χ0n) is 6.36. The normalized spacial score (nSPS) is 16.8. The van der Waals surface area contributed by atoms with E-state index in [9.17, 15) is 0 Å². The molecule has 0 aliphatic carbocycles. The fourth-order valence-electron chi connectivity index (χ4n) is 0.624. The Morgan fingerprint density at radius 1 is 1.56 bits per heavy atom. The lowest BCUT2D eigenvalue weighted by Gasteiger charge is -2.21. The second-order valence-electron chi connectivity index (χ2n) is 2.27. The van der Waals surface area contributed by atoms with E-state index in [4.69, 9.17) is 5.53 Å². The molecule has 2 N–H and O–H groups in total. The Morgan fingerprint density at radius 2 is 2.11 bits per heavy atom. The molecule has 0 saturated carbocycles. The molecule has 0 radical (unpaired) electrons. The summed E-state index contributed by atoms with van der Waals surface area (Å²) in [4.78, 5) is 0. The van der Waals surface area contributed by atoms with Gasteiger partial charge in [0.05, 0.1) is 0 Å². The average Bonchev–Trinajstić information content (AvgIpc) is 1.89. The monoisotopic (exact) mass is 129 g/mol. The first-order valence-electron chi connectivity index (χ1n) is 3.32. The number of hydrogen-bond donors (Lipinski definition) is 2. The molecule has 1 unspecified atom stereocenters. The van der Waals surface area contributed by atoms with E-state index >= 15 is 0 Å². The summed E-state index contributed by atoms with van der Waals surface area (Å²) < 4.78 is 0. The molecule has 54 valence electrons. The lowest BCUT2D eigenvalue weighted by molar-refractivity contribution is 0.344. The Labute approximate surface area is 56.4 Å². The van der Waals surface area contributed by atoms with Crippen LogP contribution in [0.5, 0.6) is 0 Å². The van der Waals surface area contributed by atoms with Gasteiger partial charge in [0.1, 0.15) is 5.66 Å². The highest BCUT2D eigenvalue weighted by atomic mass is 15.2. The number of hydrogen-bond acceptors (Lipinski definition) is 3. The summed E-state index contributed by atoms with van der Waals surface area (Å²) in [5, 5.41) is 6.57. The highest BCUT2D eigenvalue weighted by Crippen LogP contribution is 2.08. The van der Waals surface area contributed by atoms with Crippen molar-refractivity contribution in [3.63, 3.8) is 0 Å². The van der Waals surface area contributed by atoms with Gasteiger partial charge < -0.3 is 0 Å². The minimum atomic E-state index is -0.325. The maximum absolute atomic E-state index is 6.82. The number of nitrogens with one attached hydrogen (secondary N) is 2. The molecule has 0 aliphatic heterocycles. The van der Waals surface area contributed by atoms with Crippen LogP contribution in [0.1, 0.15) is 27.2 Å². The van der Waals surface area contributed by atoms with Crippen molar-refractivity contribution in [2.24, 2.45) is 5.11 Å². The van der Waals surface area contributed by atoms with Gasteiger partial charge in [-0.15, -0.1) is 0 Å². The molecule has 0 aromatic rings. The van der Waals surface area contributed by atoms with E-state index in [0.29, 0.717) is 0 Å². The average molecular weight is 129 g/mol. The topological polar surface area (TPSA) is 48.2 Å². The van der Waals surface area contributed by atoms with Gasteiger partial charge in [-0.3, -0.25) is 5.32 Å². The lowest BCUT2D eigenvalue weighted by atomic mass is 10.1. The van der Waals surface area contributed by atoms with Crippen molar-refractivity contribution in [2.45, 2.75) is 32.9 Å². The molecule has 0 aromatic carbocycles. The minimum Gasteiger partial charge on any atom is -0.292 e. The number of rotatable bonds is 4. The smallest absolute Gasteiger partial charge is 0.128 e. The molecule has 0 heterocycles. The summed E-state index contributed by atoms with van der Waals surface area (Å²) >= 11 is 0. The van der Waals surface area contributed by atoms with Crippen molar-refractivity contribution in [3.05, 3.63) is 0 Å². The quantitative estimate of drug-likeness (QED) is 0.558. The molecule has 0 aliphatic rings. The first kappa shape index (κ1) is 8.56. The van der Waals surface area contributed by atoms with Crippen molar-refractivity contribution in [3.8, 4) is 0 Å². The molecule has 0 fully saturated rings. The largest absolute Gasteiger partial charge is 0.292 e. The van der Waals surface area contributed by atoms with E-state index in [1.165, 1.54) is 0 Å². The summed E-state index contributed by atoms with van der Waals surface area (Å²) in [5.41, 5.74) is 6.50. The van der Waals surface area contributed by atoms with E-state index in [-0.39, 0.29) is 5.66 Å². The van der Waals surface area contributed by atoms with Crippen LogP contribution in [0.2, 0.25) is 0 Å². The fraction of sp³-hybridized carbons (Fsp3) is 1.00. The van der Waals surface area contributed by atoms with Crippen molar-refractivity contribution in [1.29, 1.82) is 5.53 Å².